The molecular weight excluding hydrogens is 264 g/mol. The van der Waals surface area contributed by atoms with Crippen molar-refractivity contribution in [1.29, 1.82) is 0 Å². The number of methoxy groups -OCH3 is 1. The lowest BCUT2D eigenvalue weighted by Crippen LogP contribution is -2.09. The van der Waals surface area contributed by atoms with Crippen molar-refractivity contribution in [3.05, 3.63) is 23.3 Å². The van der Waals surface area contributed by atoms with Gasteiger partial charge in [0.1, 0.15) is 0 Å². The van der Waals surface area contributed by atoms with Crippen LogP contribution in [0.3, 0.4) is 0 Å². The number of hydrogen-bond acceptors (Lipinski definition) is 5. The molecule has 0 radical (unpaired) electrons. The minimum absolute atomic E-state index is 0.0448. The van der Waals surface area contributed by atoms with Crippen LogP contribution in [0.5, 0.6) is 11.5 Å². The van der Waals surface area contributed by atoms with Crippen LogP contribution in [0.4, 0.5) is 0 Å². The topological polar surface area (TPSA) is 58.9 Å². The van der Waals surface area contributed by atoms with Gasteiger partial charge < -0.3 is 19.7 Å². The predicted octanol–water partition coefficient (Wildman–Crippen LogP) is 2.13. The van der Waals surface area contributed by atoms with Crippen molar-refractivity contribution >= 4 is 11.8 Å². The van der Waals surface area contributed by atoms with Crippen LogP contribution in [0.25, 0.3) is 0 Å². The van der Waals surface area contributed by atoms with E-state index >= 15 is 0 Å². The summed E-state index contributed by atoms with van der Waals surface area (Å²) in [5.41, 5.74) is 2.26. The fraction of sp³-hybridized carbons (Fsp3) is 0.571. The zero-order valence-electron chi connectivity index (χ0n) is 11.1. The second-order valence-corrected chi connectivity index (χ2v) is 5.76. The molecule has 1 heterocycles. The van der Waals surface area contributed by atoms with E-state index in [-0.39, 0.29) is 17.6 Å². The quantitative estimate of drug-likeness (QED) is 0.811. The fourth-order valence-corrected chi connectivity index (χ4v) is 3.56. The van der Waals surface area contributed by atoms with Crippen LogP contribution < -0.4 is 4.74 Å². The number of rotatable bonds is 5. The molecular formula is C14H20O4S. The van der Waals surface area contributed by atoms with Gasteiger partial charge in [0.25, 0.3) is 0 Å². The van der Waals surface area contributed by atoms with Crippen molar-refractivity contribution in [2.24, 2.45) is 0 Å². The summed E-state index contributed by atoms with van der Waals surface area (Å²) in [7, 11) is 1.59. The molecule has 1 aliphatic rings. The highest BCUT2D eigenvalue weighted by Gasteiger charge is 2.23. The lowest BCUT2D eigenvalue weighted by Gasteiger charge is -2.19. The van der Waals surface area contributed by atoms with Gasteiger partial charge in [0.15, 0.2) is 11.5 Å². The first kappa shape index (κ1) is 14.5. The highest BCUT2D eigenvalue weighted by molar-refractivity contribution is 7.99. The molecule has 1 unspecified atom stereocenters. The second kappa shape index (κ2) is 7.03. The standard InChI is InChI=1S/C14H20O4S/c1-17-14-11-3-2-8-19-13(9-18-7-6-15)10(11)4-5-12(14)16/h4-5,13,15-16H,2-3,6-9H2,1H3. The number of fused-ring (bicyclic) bond motifs is 1. The Morgan fingerprint density at radius 2 is 2.26 bits per heavy atom. The maximum atomic E-state index is 9.86. The minimum atomic E-state index is 0.0448. The predicted molar refractivity (Wildman–Crippen MR) is 76.1 cm³/mol. The molecule has 0 bridgehead atoms. The van der Waals surface area contributed by atoms with Crippen molar-refractivity contribution in [2.75, 3.05) is 32.7 Å². The fourth-order valence-electron chi connectivity index (χ4n) is 2.38. The lowest BCUT2D eigenvalue weighted by molar-refractivity contribution is 0.0932. The summed E-state index contributed by atoms with van der Waals surface area (Å²) in [5, 5.41) is 18.9. The molecule has 4 nitrogen and oxygen atoms in total. The van der Waals surface area contributed by atoms with Crippen molar-refractivity contribution in [1.82, 2.24) is 0 Å². The molecule has 0 aromatic heterocycles. The molecule has 106 valence electrons. The average molecular weight is 284 g/mol. The lowest BCUT2D eigenvalue weighted by atomic mass is 9.99. The summed E-state index contributed by atoms with van der Waals surface area (Å²) in [6, 6.07) is 3.64. The number of phenols is 1. The van der Waals surface area contributed by atoms with Crippen LogP contribution >= 0.6 is 11.8 Å². The van der Waals surface area contributed by atoms with Crippen LogP contribution in [0.1, 0.15) is 22.8 Å². The monoisotopic (exact) mass is 284 g/mol. The first-order valence-corrected chi connectivity index (χ1v) is 7.51. The third kappa shape index (κ3) is 3.35. The van der Waals surface area contributed by atoms with Gasteiger partial charge in [0.05, 0.1) is 32.2 Å². The summed E-state index contributed by atoms with van der Waals surface area (Å²) in [6.45, 7) is 0.983. The number of benzene rings is 1. The average Bonchev–Trinajstić information content (AvgIpc) is 2.62. The molecule has 0 saturated heterocycles. The summed E-state index contributed by atoms with van der Waals surface area (Å²) >= 11 is 1.86. The Hall–Kier alpha value is -0.910. The van der Waals surface area contributed by atoms with Gasteiger partial charge in [-0.15, -0.1) is 0 Å². The first-order chi connectivity index (χ1) is 9.27. The zero-order valence-corrected chi connectivity index (χ0v) is 11.9. The Labute approximate surface area is 117 Å². The molecule has 5 heteroatoms. The van der Waals surface area contributed by atoms with E-state index in [0.29, 0.717) is 19.0 Å². The van der Waals surface area contributed by atoms with Gasteiger partial charge in [0.2, 0.25) is 0 Å². The number of aliphatic hydroxyl groups excluding tert-OH is 1. The number of hydrogen-bond donors (Lipinski definition) is 2. The van der Waals surface area contributed by atoms with E-state index in [9.17, 15) is 5.11 Å². The van der Waals surface area contributed by atoms with Crippen molar-refractivity contribution in [3.8, 4) is 11.5 Å². The Balaban J connectivity index is 2.26. The normalized spacial score (nSPS) is 18.7. The molecule has 0 amide bonds. The molecule has 0 fully saturated rings. The third-order valence-electron chi connectivity index (χ3n) is 3.22. The molecule has 1 aromatic carbocycles. The number of thioether (sulfide) groups is 1. The first-order valence-electron chi connectivity index (χ1n) is 6.47. The molecule has 1 atom stereocenters. The molecule has 2 rings (SSSR count). The van der Waals surface area contributed by atoms with Crippen LogP contribution in [0.2, 0.25) is 0 Å². The molecule has 1 aliphatic heterocycles. The summed E-state index contributed by atoms with van der Waals surface area (Å²) in [4.78, 5) is 0. The van der Waals surface area contributed by atoms with Crippen molar-refractivity contribution in [3.63, 3.8) is 0 Å². The van der Waals surface area contributed by atoms with E-state index in [1.807, 2.05) is 17.8 Å². The molecule has 2 N–H and O–H groups in total. The van der Waals surface area contributed by atoms with Gasteiger partial charge in [-0.05, 0) is 30.2 Å². The van der Waals surface area contributed by atoms with Gasteiger partial charge in [-0.25, -0.2) is 0 Å². The van der Waals surface area contributed by atoms with Gasteiger partial charge in [-0.3, -0.25) is 0 Å². The Kier molecular flexibility index (Phi) is 5.36. The maximum Gasteiger partial charge on any atom is 0.163 e. The Morgan fingerprint density at radius 1 is 1.42 bits per heavy atom. The van der Waals surface area contributed by atoms with Gasteiger partial charge in [0, 0.05) is 5.56 Å². The van der Waals surface area contributed by atoms with Crippen molar-refractivity contribution < 1.29 is 19.7 Å². The van der Waals surface area contributed by atoms with Gasteiger partial charge in [-0.1, -0.05) is 6.07 Å². The smallest absolute Gasteiger partial charge is 0.163 e. The SMILES string of the molecule is COc1c(O)ccc2c1CCCSC2COCCO. The van der Waals surface area contributed by atoms with Crippen molar-refractivity contribution in [2.45, 2.75) is 18.1 Å². The van der Waals surface area contributed by atoms with E-state index in [4.69, 9.17) is 14.6 Å². The van der Waals surface area contributed by atoms with Crippen LogP contribution in [-0.2, 0) is 11.2 Å². The summed E-state index contributed by atoms with van der Waals surface area (Å²) in [6.07, 6.45) is 1.98. The van der Waals surface area contributed by atoms with Crippen LogP contribution in [0.15, 0.2) is 12.1 Å². The second-order valence-electron chi connectivity index (χ2n) is 4.45. The summed E-state index contributed by atoms with van der Waals surface area (Å²) < 4.78 is 10.8. The van der Waals surface area contributed by atoms with E-state index in [1.165, 1.54) is 5.56 Å². The third-order valence-corrected chi connectivity index (χ3v) is 4.54. The largest absolute Gasteiger partial charge is 0.504 e. The molecule has 0 aliphatic carbocycles. The highest BCUT2D eigenvalue weighted by Crippen LogP contribution is 2.42. The van der Waals surface area contributed by atoms with Gasteiger partial charge >= 0.3 is 0 Å². The number of ether oxygens (including phenoxy) is 2. The zero-order chi connectivity index (χ0) is 13.7. The molecule has 0 saturated carbocycles. The van der Waals surface area contributed by atoms with Gasteiger partial charge in [-0.2, -0.15) is 11.8 Å². The number of phenolic OH excluding ortho intramolecular Hbond substituents is 1. The van der Waals surface area contributed by atoms with Crippen LogP contribution in [0, 0.1) is 0 Å². The Bertz CT molecular complexity index is 422. The van der Waals surface area contributed by atoms with E-state index in [2.05, 4.69) is 0 Å². The minimum Gasteiger partial charge on any atom is -0.504 e. The number of aliphatic hydroxyl groups is 1. The van der Waals surface area contributed by atoms with E-state index in [0.717, 1.165) is 24.2 Å². The molecule has 1 aromatic rings. The van der Waals surface area contributed by atoms with E-state index < -0.39 is 0 Å². The highest BCUT2D eigenvalue weighted by atomic mass is 32.2. The maximum absolute atomic E-state index is 9.86. The number of aromatic hydroxyl groups is 1. The Morgan fingerprint density at radius 3 is 3.00 bits per heavy atom. The van der Waals surface area contributed by atoms with E-state index in [1.54, 1.807) is 13.2 Å². The van der Waals surface area contributed by atoms with Crippen LogP contribution in [-0.4, -0.2) is 42.9 Å². The molecule has 0 spiro atoms. The summed E-state index contributed by atoms with van der Waals surface area (Å²) in [5.74, 6) is 1.85. The molecule has 19 heavy (non-hydrogen) atoms.